The Morgan fingerprint density at radius 3 is 1.74 bits per heavy atom. The largest absolute Gasteiger partial charge is 0.460 e. The first-order valence-corrected chi connectivity index (χ1v) is 6.62. The van der Waals surface area contributed by atoms with Gasteiger partial charge in [-0.15, -0.1) is 4.33 Å². The Bertz CT molecular complexity index is 495. The SMILES string of the molecule is O=S(=O)(O)C(F)(F)C(F)(F)OCOC(F)(F)C(F)(F)SOOO. The fourth-order valence-corrected chi connectivity index (χ4v) is 1.23. The highest BCUT2D eigenvalue weighted by atomic mass is 32.2. The quantitative estimate of drug-likeness (QED) is 0.140. The minimum Gasteiger partial charge on any atom is -0.288 e. The van der Waals surface area contributed by atoms with Crippen molar-refractivity contribution in [3.05, 3.63) is 0 Å². The molecule has 0 atom stereocenters. The van der Waals surface area contributed by atoms with Crippen molar-refractivity contribution in [3.63, 3.8) is 0 Å². The van der Waals surface area contributed by atoms with Crippen LogP contribution in [0.1, 0.15) is 0 Å². The van der Waals surface area contributed by atoms with Crippen LogP contribution in [-0.4, -0.2) is 47.7 Å². The van der Waals surface area contributed by atoms with E-state index in [9.17, 15) is 43.5 Å². The molecule has 0 unspecified atom stereocenters. The number of alkyl halides is 8. The van der Waals surface area contributed by atoms with Crippen LogP contribution in [0.15, 0.2) is 0 Å². The molecule has 23 heavy (non-hydrogen) atoms. The third-order valence-electron chi connectivity index (χ3n) is 1.65. The predicted octanol–water partition coefficient (Wildman–Crippen LogP) is 2.31. The highest BCUT2D eigenvalue weighted by Crippen LogP contribution is 2.45. The normalized spacial score (nSPS) is 15.0. The van der Waals surface area contributed by atoms with Crippen LogP contribution in [0.4, 0.5) is 35.1 Å². The second-order valence-corrected chi connectivity index (χ2v) is 5.45. The van der Waals surface area contributed by atoms with E-state index < -0.39 is 51.7 Å². The highest BCUT2D eigenvalue weighted by Gasteiger charge is 2.68. The monoisotopic (exact) mass is 408 g/mol. The van der Waals surface area contributed by atoms with E-state index in [1.54, 1.807) is 0 Å². The molecule has 0 bridgehead atoms. The van der Waals surface area contributed by atoms with Crippen LogP contribution >= 0.6 is 12.0 Å². The molecular weight excluding hydrogens is 404 g/mol. The van der Waals surface area contributed by atoms with E-state index in [0.29, 0.717) is 0 Å². The number of ether oxygens (including phenoxy) is 2. The fraction of sp³-hybridized carbons (Fsp3) is 1.00. The van der Waals surface area contributed by atoms with Gasteiger partial charge in [0.1, 0.15) is 12.0 Å². The van der Waals surface area contributed by atoms with Crippen molar-refractivity contribution >= 4 is 22.2 Å². The van der Waals surface area contributed by atoms with E-state index in [1.165, 1.54) is 0 Å². The van der Waals surface area contributed by atoms with Crippen LogP contribution in [-0.2, 0) is 29.0 Å². The first-order valence-electron chi connectivity index (χ1n) is 4.44. The van der Waals surface area contributed by atoms with Gasteiger partial charge in [-0.3, -0.25) is 14.0 Å². The zero-order valence-corrected chi connectivity index (χ0v) is 11.5. The molecule has 0 saturated carbocycles. The molecule has 0 amide bonds. The molecule has 2 N–H and O–H groups in total. The Labute approximate surface area is 125 Å². The zero-order valence-electron chi connectivity index (χ0n) is 9.89. The average Bonchev–Trinajstić information content (AvgIpc) is 2.34. The molecule has 18 heteroatoms. The lowest BCUT2D eigenvalue weighted by molar-refractivity contribution is -0.437. The maximum absolute atomic E-state index is 12.7. The van der Waals surface area contributed by atoms with Crippen LogP contribution in [0.2, 0.25) is 0 Å². The summed E-state index contributed by atoms with van der Waals surface area (Å²) in [6.07, 6.45) is -11.8. The Hall–Kier alpha value is -0.500. The summed E-state index contributed by atoms with van der Waals surface area (Å²) in [5, 5.41) is -1.62. The third-order valence-corrected chi connectivity index (χ3v) is 3.11. The number of rotatable bonds is 10. The highest BCUT2D eigenvalue weighted by molar-refractivity contribution is 7.95. The lowest BCUT2D eigenvalue weighted by Gasteiger charge is -2.26. The van der Waals surface area contributed by atoms with Crippen molar-refractivity contribution < 1.29 is 72.2 Å². The van der Waals surface area contributed by atoms with Crippen LogP contribution in [0.3, 0.4) is 0 Å². The number of hydrogen-bond acceptors (Lipinski definition) is 8. The van der Waals surface area contributed by atoms with Crippen molar-refractivity contribution in [2.75, 3.05) is 6.79 Å². The van der Waals surface area contributed by atoms with Crippen LogP contribution in [0, 0.1) is 0 Å². The van der Waals surface area contributed by atoms with Crippen LogP contribution in [0.5, 0.6) is 0 Å². The number of hydrogen-bond donors (Lipinski definition) is 2. The van der Waals surface area contributed by atoms with E-state index in [1.807, 2.05) is 0 Å². The summed E-state index contributed by atoms with van der Waals surface area (Å²) in [6, 6.07) is 0. The second-order valence-electron chi connectivity index (χ2n) is 3.17. The summed E-state index contributed by atoms with van der Waals surface area (Å²) in [6.45, 7) is -2.67. The van der Waals surface area contributed by atoms with Crippen molar-refractivity contribution in [1.29, 1.82) is 0 Å². The predicted molar refractivity (Wildman–Crippen MR) is 50.8 cm³/mol. The molecule has 0 heterocycles. The molecule has 0 fully saturated rings. The van der Waals surface area contributed by atoms with Crippen molar-refractivity contribution in [1.82, 2.24) is 0 Å². The van der Waals surface area contributed by atoms with E-state index in [2.05, 4.69) is 18.8 Å². The van der Waals surface area contributed by atoms with Crippen molar-refractivity contribution in [2.24, 2.45) is 0 Å². The van der Waals surface area contributed by atoms with Gasteiger partial charge in [-0.2, -0.15) is 43.5 Å². The molecule has 8 nitrogen and oxygen atoms in total. The molecule has 0 aromatic rings. The van der Waals surface area contributed by atoms with E-state index in [4.69, 9.17) is 9.81 Å². The summed E-state index contributed by atoms with van der Waals surface area (Å²) >= 11 is -1.55. The van der Waals surface area contributed by atoms with Gasteiger partial charge in [0.2, 0.25) is 0 Å². The standard InChI is InChI=1S/C5H4F8O8S2/c6-2(7,4(10,11)22-21-20-14)18-1-19-3(8,9)5(12,13)23(15,16)17/h14H,1H2,(H,15,16,17). The van der Waals surface area contributed by atoms with E-state index in [-0.39, 0.29) is 0 Å². The van der Waals surface area contributed by atoms with E-state index in [0.717, 1.165) is 0 Å². The maximum Gasteiger partial charge on any atom is 0.460 e. The van der Waals surface area contributed by atoms with Crippen molar-refractivity contribution in [2.45, 2.75) is 22.7 Å². The maximum atomic E-state index is 12.7. The van der Waals surface area contributed by atoms with Gasteiger partial charge in [0, 0.05) is 0 Å². The van der Waals surface area contributed by atoms with E-state index >= 15 is 0 Å². The molecule has 0 aliphatic heterocycles. The van der Waals surface area contributed by atoms with Crippen molar-refractivity contribution in [3.8, 4) is 0 Å². The Kier molecular flexibility index (Phi) is 7.01. The molecule has 0 aromatic carbocycles. The fourth-order valence-electron chi connectivity index (χ4n) is 0.602. The molecule has 0 spiro atoms. The van der Waals surface area contributed by atoms with Gasteiger partial charge < -0.3 is 0 Å². The third kappa shape index (κ3) is 5.24. The van der Waals surface area contributed by atoms with Crippen LogP contribution in [0.25, 0.3) is 0 Å². The number of halogens is 8. The minimum absolute atomic E-state index is 1.55. The van der Waals surface area contributed by atoms with Gasteiger partial charge in [-0.1, -0.05) is 5.04 Å². The Morgan fingerprint density at radius 2 is 1.35 bits per heavy atom. The second kappa shape index (κ2) is 7.17. The average molecular weight is 408 g/mol. The van der Waals surface area contributed by atoms with Gasteiger partial charge in [-0.05, 0) is 0 Å². The van der Waals surface area contributed by atoms with Gasteiger partial charge in [0.05, 0.1) is 0 Å². The Balaban J connectivity index is 4.88. The summed E-state index contributed by atoms with van der Waals surface area (Å²) in [5.74, 6) is 0. The first kappa shape index (κ1) is 22.5. The summed E-state index contributed by atoms with van der Waals surface area (Å²) in [5.41, 5.74) is 0. The molecule has 0 rings (SSSR count). The lowest BCUT2D eigenvalue weighted by Crippen LogP contribution is -2.50. The summed E-state index contributed by atoms with van der Waals surface area (Å²) in [4.78, 5) is 0. The van der Waals surface area contributed by atoms with Gasteiger partial charge in [0.25, 0.3) is 0 Å². The Morgan fingerprint density at radius 1 is 0.913 bits per heavy atom. The molecule has 140 valence electrons. The topological polar surface area (TPSA) is 112 Å². The minimum atomic E-state index is -6.73. The molecule has 0 aromatic heterocycles. The molecule has 0 aliphatic carbocycles. The molecular formula is C5H4F8O8S2. The smallest absolute Gasteiger partial charge is 0.288 e. The summed E-state index contributed by atoms with van der Waals surface area (Å²) < 4.78 is 138. The molecule has 0 saturated heterocycles. The van der Waals surface area contributed by atoms with Gasteiger partial charge >= 0.3 is 32.8 Å². The molecule has 0 aliphatic rings. The zero-order chi connectivity index (χ0) is 18.7. The van der Waals surface area contributed by atoms with Crippen LogP contribution < -0.4 is 0 Å². The lowest BCUT2D eigenvalue weighted by atomic mass is 10.6. The summed E-state index contributed by atoms with van der Waals surface area (Å²) in [7, 11) is -6.73. The molecule has 0 radical (unpaired) electrons. The van der Waals surface area contributed by atoms with Gasteiger partial charge in [-0.25, -0.2) is 5.26 Å². The van der Waals surface area contributed by atoms with Gasteiger partial charge in [0.15, 0.2) is 6.79 Å². The first-order chi connectivity index (χ1) is 10.0.